The van der Waals surface area contributed by atoms with Crippen LogP contribution in [0.15, 0.2) is 12.0 Å². The predicted molar refractivity (Wildman–Crippen MR) is 37.4 cm³/mol. The van der Waals surface area contributed by atoms with E-state index in [0.29, 0.717) is 18.2 Å². The van der Waals surface area contributed by atoms with Crippen LogP contribution < -0.4 is 0 Å². The van der Waals surface area contributed by atoms with Crippen LogP contribution in [0.2, 0.25) is 0 Å². The van der Waals surface area contributed by atoms with E-state index in [4.69, 9.17) is 16.3 Å². The van der Waals surface area contributed by atoms with Crippen LogP contribution in [0.1, 0.15) is 6.92 Å². The normalized spacial score (nSPS) is 11.2. The van der Waals surface area contributed by atoms with E-state index < -0.39 is 0 Å². The van der Waals surface area contributed by atoms with Crippen molar-refractivity contribution in [1.82, 2.24) is 0 Å². The number of methoxy groups -OCH3 is 1. The van der Waals surface area contributed by atoms with Crippen molar-refractivity contribution in [1.29, 1.82) is 0 Å². The van der Waals surface area contributed by atoms with E-state index in [1.54, 1.807) is 7.11 Å². The zero-order chi connectivity index (χ0) is 7.11. The summed E-state index contributed by atoms with van der Waals surface area (Å²) < 4.78 is 9.71. The fourth-order valence-corrected chi connectivity index (χ4v) is 0.561. The Morgan fingerprint density at radius 1 is 1.67 bits per heavy atom. The lowest BCUT2D eigenvalue weighted by Gasteiger charge is -2.02. The Balaban J connectivity index is 3.53. The summed E-state index contributed by atoms with van der Waals surface area (Å²) in [4.78, 5) is 0. The molecule has 0 spiro atoms. The first kappa shape index (κ1) is 8.63. The minimum atomic E-state index is 0.363. The zero-order valence-corrected chi connectivity index (χ0v) is 6.44. The van der Waals surface area contributed by atoms with Crippen LogP contribution >= 0.6 is 11.6 Å². The monoisotopic (exact) mass is 150 g/mol. The number of alkyl halides is 1. The third-order valence-corrected chi connectivity index (χ3v) is 0.974. The van der Waals surface area contributed by atoms with Crippen LogP contribution in [0.3, 0.4) is 0 Å². The molecule has 3 heteroatoms. The van der Waals surface area contributed by atoms with Gasteiger partial charge in [0.05, 0.1) is 19.6 Å². The number of hydrogen-bond acceptors (Lipinski definition) is 2. The van der Waals surface area contributed by atoms with Crippen LogP contribution in [-0.4, -0.2) is 19.6 Å². The maximum Gasteiger partial charge on any atom is 0.145 e. The number of ether oxygens (including phenoxy) is 2. The number of halogens is 1. The van der Waals surface area contributed by atoms with Crippen LogP contribution in [-0.2, 0) is 9.47 Å². The second kappa shape index (κ2) is 5.76. The van der Waals surface area contributed by atoms with E-state index in [1.807, 2.05) is 6.92 Å². The van der Waals surface area contributed by atoms with E-state index in [2.05, 4.69) is 4.74 Å². The van der Waals surface area contributed by atoms with Crippen molar-refractivity contribution in [3.05, 3.63) is 12.0 Å². The highest BCUT2D eigenvalue weighted by atomic mass is 35.5. The molecule has 0 aliphatic rings. The lowest BCUT2D eigenvalue weighted by molar-refractivity contribution is 0.208. The largest absolute Gasteiger partial charge is 0.501 e. The fourth-order valence-electron chi connectivity index (χ4n) is 0.421. The highest BCUT2D eigenvalue weighted by Crippen LogP contribution is 1.98. The fraction of sp³-hybridized carbons (Fsp3) is 0.667. The molecular formula is C6H11ClO2. The molecule has 0 heterocycles. The SMILES string of the molecule is CCOC(=COC)CCl. The first-order valence-electron chi connectivity index (χ1n) is 2.75. The first-order chi connectivity index (χ1) is 4.35. The molecular weight excluding hydrogens is 140 g/mol. The molecule has 0 atom stereocenters. The van der Waals surface area contributed by atoms with Crippen molar-refractivity contribution >= 4 is 11.6 Å². The van der Waals surface area contributed by atoms with Gasteiger partial charge in [0, 0.05) is 0 Å². The average molecular weight is 151 g/mol. The van der Waals surface area contributed by atoms with Crippen molar-refractivity contribution in [2.75, 3.05) is 19.6 Å². The topological polar surface area (TPSA) is 18.5 Å². The van der Waals surface area contributed by atoms with Gasteiger partial charge in [-0.1, -0.05) is 0 Å². The van der Waals surface area contributed by atoms with Crippen molar-refractivity contribution < 1.29 is 9.47 Å². The lowest BCUT2D eigenvalue weighted by Crippen LogP contribution is -1.93. The van der Waals surface area contributed by atoms with Gasteiger partial charge in [-0.3, -0.25) is 0 Å². The molecule has 0 aromatic carbocycles. The molecule has 0 unspecified atom stereocenters. The maximum atomic E-state index is 5.45. The van der Waals surface area contributed by atoms with Crippen LogP contribution in [0.5, 0.6) is 0 Å². The molecule has 9 heavy (non-hydrogen) atoms. The van der Waals surface area contributed by atoms with Gasteiger partial charge >= 0.3 is 0 Å². The third-order valence-electron chi connectivity index (χ3n) is 0.711. The predicted octanol–water partition coefficient (Wildman–Crippen LogP) is 1.75. The van der Waals surface area contributed by atoms with Gasteiger partial charge in [-0.2, -0.15) is 0 Å². The van der Waals surface area contributed by atoms with Gasteiger partial charge in [0.25, 0.3) is 0 Å². The van der Waals surface area contributed by atoms with Crippen LogP contribution in [0, 0.1) is 0 Å². The van der Waals surface area contributed by atoms with Crippen molar-refractivity contribution in [3.63, 3.8) is 0 Å². The van der Waals surface area contributed by atoms with Crippen molar-refractivity contribution in [2.45, 2.75) is 6.92 Å². The molecule has 0 bridgehead atoms. The number of allylic oxidation sites excluding steroid dienone is 1. The number of hydrogen-bond donors (Lipinski definition) is 0. The van der Waals surface area contributed by atoms with E-state index in [-0.39, 0.29) is 0 Å². The Morgan fingerprint density at radius 3 is 2.67 bits per heavy atom. The highest BCUT2D eigenvalue weighted by molar-refractivity contribution is 6.19. The summed E-state index contributed by atoms with van der Waals surface area (Å²) in [7, 11) is 1.56. The quantitative estimate of drug-likeness (QED) is 0.449. The minimum Gasteiger partial charge on any atom is -0.501 e. The molecule has 0 saturated carbocycles. The van der Waals surface area contributed by atoms with Gasteiger partial charge < -0.3 is 9.47 Å². The summed E-state index contributed by atoms with van der Waals surface area (Å²) >= 11 is 5.45. The molecule has 0 aromatic heterocycles. The van der Waals surface area contributed by atoms with Crippen LogP contribution in [0.4, 0.5) is 0 Å². The summed E-state index contributed by atoms with van der Waals surface area (Å²) in [5.74, 6) is 1.03. The van der Waals surface area contributed by atoms with Crippen molar-refractivity contribution in [3.8, 4) is 0 Å². The summed E-state index contributed by atoms with van der Waals surface area (Å²) in [6.07, 6.45) is 1.50. The molecule has 0 rings (SSSR count). The second-order valence-electron chi connectivity index (χ2n) is 1.39. The van der Waals surface area contributed by atoms with Crippen LogP contribution in [0.25, 0.3) is 0 Å². The molecule has 0 N–H and O–H groups in total. The van der Waals surface area contributed by atoms with Crippen molar-refractivity contribution in [2.24, 2.45) is 0 Å². The lowest BCUT2D eigenvalue weighted by atomic mass is 10.6. The maximum absolute atomic E-state index is 5.45. The smallest absolute Gasteiger partial charge is 0.145 e. The molecule has 0 saturated heterocycles. The molecule has 0 aliphatic heterocycles. The molecule has 0 radical (unpaired) electrons. The van der Waals surface area contributed by atoms with Gasteiger partial charge in [0.1, 0.15) is 12.0 Å². The van der Waals surface area contributed by atoms with E-state index in [0.717, 1.165) is 0 Å². The standard InChI is InChI=1S/C6H11ClO2/c1-3-9-6(4-7)5-8-2/h5H,3-4H2,1-2H3. The Kier molecular flexibility index (Phi) is 5.52. The first-order valence-corrected chi connectivity index (χ1v) is 3.29. The third kappa shape index (κ3) is 4.15. The Morgan fingerprint density at radius 2 is 2.33 bits per heavy atom. The van der Waals surface area contributed by atoms with E-state index in [9.17, 15) is 0 Å². The number of rotatable bonds is 4. The van der Waals surface area contributed by atoms with Gasteiger partial charge in [0.15, 0.2) is 0 Å². The zero-order valence-electron chi connectivity index (χ0n) is 5.69. The summed E-state index contributed by atoms with van der Waals surface area (Å²) in [6.45, 7) is 2.53. The summed E-state index contributed by atoms with van der Waals surface area (Å²) in [5, 5.41) is 0. The van der Waals surface area contributed by atoms with Gasteiger partial charge in [-0.25, -0.2) is 0 Å². The summed E-state index contributed by atoms with van der Waals surface area (Å²) in [6, 6.07) is 0. The van der Waals surface area contributed by atoms with E-state index >= 15 is 0 Å². The Bertz CT molecular complexity index is 91.1. The van der Waals surface area contributed by atoms with E-state index in [1.165, 1.54) is 6.26 Å². The second-order valence-corrected chi connectivity index (χ2v) is 1.65. The average Bonchev–Trinajstić information content (AvgIpc) is 1.88. The minimum absolute atomic E-state index is 0.363. The van der Waals surface area contributed by atoms with Gasteiger partial charge in [-0.05, 0) is 6.92 Å². The Hall–Kier alpha value is -0.370. The molecule has 0 aliphatic carbocycles. The Labute approximate surface area is 60.4 Å². The highest BCUT2D eigenvalue weighted by Gasteiger charge is 1.91. The molecule has 0 fully saturated rings. The molecule has 0 aromatic rings. The molecule has 0 amide bonds. The summed E-state index contributed by atoms with van der Waals surface area (Å²) in [5.41, 5.74) is 0. The molecule has 54 valence electrons. The van der Waals surface area contributed by atoms with Gasteiger partial charge in [0.2, 0.25) is 0 Å². The van der Waals surface area contributed by atoms with Gasteiger partial charge in [-0.15, -0.1) is 11.6 Å². The molecule has 2 nitrogen and oxygen atoms in total.